The minimum absolute atomic E-state index is 0.0947. The van der Waals surface area contributed by atoms with Crippen LogP contribution in [-0.4, -0.2) is 23.5 Å². The maximum absolute atomic E-state index is 11.7. The highest BCUT2D eigenvalue weighted by molar-refractivity contribution is 9.10. The first kappa shape index (κ1) is 13.5. The van der Waals surface area contributed by atoms with Gasteiger partial charge in [-0.2, -0.15) is 0 Å². The molecule has 0 bridgehead atoms. The molecule has 0 aliphatic carbocycles. The van der Waals surface area contributed by atoms with Crippen molar-refractivity contribution in [1.82, 2.24) is 5.32 Å². The third-order valence-electron chi connectivity index (χ3n) is 2.22. The largest absolute Gasteiger partial charge is 0.409 e. The first-order valence-corrected chi connectivity index (χ1v) is 5.84. The van der Waals surface area contributed by atoms with Gasteiger partial charge in [0.1, 0.15) is 5.84 Å². The Hall–Kier alpha value is -1.56. The standard InChI is InChI=1S/C11H14BrN3O2/c1-7-6-8(2-3-9(7)12)11(16)14-5-4-10(13)15-17/h2-3,6,17H,4-5H2,1H3,(H2,13,15)(H,14,16). The van der Waals surface area contributed by atoms with E-state index in [1.807, 2.05) is 13.0 Å². The lowest BCUT2D eigenvalue weighted by molar-refractivity contribution is 0.0954. The number of amides is 1. The number of nitrogens with one attached hydrogen (secondary N) is 1. The van der Waals surface area contributed by atoms with Crippen molar-refractivity contribution in [2.75, 3.05) is 6.54 Å². The summed E-state index contributed by atoms with van der Waals surface area (Å²) in [5, 5.41) is 13.8. The summed E-state index contributed by atoms with van der Waals surface area (Å²) in [6.07, 6.45) is 0.317. The van der Waals surface area contributed by atoms with Gasteiger partial charge in [0.05, 0.1) is 0 Å². The number of aryl methyl sites for hydroxylation is 1. The molecule has 0 aliphatic heterocycles. The smallest absolute Gasteiger partial charge is 0.251 e. The second-order valence-corrected chi connectivity index (χ2v) is 4.42. The fourth-order valence-corrected chi connectivity index (χ4v) is 1.49. The quantitative estimate of drug-likeness (QED) is 0.342. The maximum atomic E-state index is 11.7. The van der Waals surface area contributed by atoms with E-state index < -0.39 is 0 Å². The Morgan fingerprint density at radius 3 is 2.88 bits per heavy atom. The van der Waals surface area contributed by atoms with E-state index >= 15 is 0 Å². The fourth-order valence-electron chi connectivity index (χ4n) is 1.24. The van der Waals surface area contributed by atoms with E-state index in [2.05, 4.69) is 26.4 Å². The molecule has 0 aliphatic rings. The zero-order valence-corrected chi connectivity index (χ0v) is 11.0. The van der Waals surface area contributed by atoms with E-state index in [-0.39, 0.29) is 11.7 Å². The number of nitrogens with two attached hydrogens (primary N) is 1. The Balaban J connectivity index is 2.55. The van der Waals surface area contributed by atoms with E-state index in [4.69, 9.17) is 10.9 Å². The van der Waals surface area contributed by atoms with E-state index in [9.17, 15) is 4.79 Å². The molecular weight excluding hydrogens is 286 g/mol. The van der Waals surface area contributed by atoms with Crippen LogP contribution in [-0.2, 0) is 0 Å². The van der Waals surface area contributed by atoms with Crippen LogP contribution in [0.3, 0.4) is 0 Å². The molecule has 0 atom stereocenters. The lowest BCUT2D eigenvalue weighted by Gasteiger charge is -2.06. The molecule has 1 aromatic carbocycles. The van der Waals surface area contributed by atoms with Crippen LogP contribution in [0.25, 0.3) is 0 Å². The van der Waals surface area contributed by atoms with Gasteiger partial charge in [-0.15, -0.1) is 0 Å². The molecule has 0 saturated carbocycles. The van der Waals surface area contributed by atoms with Crippen molar-refractivity contribution >= 4 is 27.7 Å². The molecule has 17 heavy (non-hydrogen) atoms. The molecule has 0 spiro atoms. The Labute approximate surface area is 108 Å². The Bertz CT molecular complexity index is 446. The van der Waals surface area contributed by atoms with Crippen molar-refractivity contribution in [3.8, 4) is 0 Å². The predicted octanol–water partition coefficient (Wildman–Crippen LogP) is 1.62. The molecule has 4 N–H and O–H groups in total. The van der Waals surface area contributed by atoms with Crippen molar-refractivity contribution in [3.05, 3.63) is 33.8 Å². The monoisotopic (exact) mass is 299 g/mol. The molecule has 0 saturated heterocycles. The van der Waals surface area contributed by atoms with Gasteiger partial charge in [-0.3, -0.25) is 4.79 Å². The van der Waals surface area contributed by atoms with Gasteiger partial charge in [0.15, 0.2) is 0 Å². The van der Waals surface area contributed by atoms with E-state index in [0.717, 1.165) is 10.0 Å². The van der Waals surface area contributed by atoms with Gasteiger partial charge in [0.25, 0.3) is 5.91 Å². The number of oxime groups is 1. The summed E-state index contributed by atoms with van der Waals surface area (Å²) in [5.74, 6) is -0.0800. The zero-order valence-electron chi connectivity index (χ0n) is 9.40. The van der Waals surface area contributed by atoms with Crippen LogP contribution in [0.1, 0.15) is 22.3 Å². The summed E-state index contributed by atoms with van der Waals surface area (Å²) in [5.41, 5.74) is 6.87. The molecule has 92 valence electrons. The summed E-state index contributed by atoms with van der Waals surface area (Å²) in [7, 11) is 0. The van der Waals surface area contributed by atoms with Crippen molar-refractivity contribution in [3.63, 3.8) is 0 Å². The highest BCUT2D eigenvalue weighted by Gasteiger charge is 2.06. The summed E-state index contributed by atoms with van der Waals surface area (Å²) in [6, 6.07) is 5.35. The van der Waals surface area contributed by atoms with Gasteiger partial charge >= 0.3 is 0 Å². The normalized spacial score (nSPS) is 11.3. The number of rotatable bonds is 4. The summed E-state index contributed by atoms with van der Waals surface area (Å²) < 4.78 is 0.964. The average molecular weight is 300 g/mol. The van der Waals surface area contributed by atoms with Gasteiger partial charge in [0, 0.05) is 23.0 Å². The SMILES string of the molecule is Cc1cc(C(=O)NCC/C(N)=N/O)ccc1Br. The summed E-state index contributed by atoms with van der Waals surface area (Å²) in [6.45, 7) is 2.25. The van der Waals surface area contributed by atoms with Gasteiger partial charge in [-0.05, 0) is 30.7 Å². The van der Waals surface area contributed by atoms with Gasteiger partial charge < -0.3 is 16.3 Å². The molecular formula is C11H14BrN3O2. The van der Waals surface area contributed by atoms with Crippen LogP contribution < -0.4 is 11.1 Å². The number of halogens is 1. The van der Waals surface area contributed by atoms with Crippen LogP contribution in [0.4, 0.5) is 0 Å². The third-order valence-corrected chi connectivity index (χ3v) is 3.11. The molecule has 6 heteroatoms. The average Bonchev–Trinajstić information content (AvgIpc) is 2.32. The number of carbonyl (C=O) groups excluding carboxylic acids is 1. The number of benzene rings is 1. The molecule has 0 heterocycles. The molecule has 1 rings (SSSR count). The highest BCUT2D eigenvalue weighted by atomic mass is 79.9. The number of hydrogen-bond acceptors (Lipinski definition) is 3. The third kappa shape index (κ3) is 4.07. The van der Waals surface area contributed by atoms with E-state index in [0.29, 0.717) is 18.5 Å². The Kier molecular flexibility index (Phi) is 4.96. The number of nitrogens with zero attached hydrogens (tertiary/aromatic N) is 1. The summed E-state index contributed by atoms with van der Waals surface area (Å²) in [4.78, 5) is 11.7. The molecule has 5 nitrogen and oxygen atoms in total. The van der Waals surface area contributed by atoms with Crippen LogP contribution in [0, 0.1) is 6.92 Å². The second-order valence-electron chi connectivity index (χ2n) is 3.56. The number of hydrogen-bond donors (Lipinski definition) is 3. The van der Waals surface area contributed by atoms with E-state index in [1.54, 1.807) is 12.1 Å². The van der Waals surface area contributed by atoms with Crippen LogP contribution in [0.2, 0.25) is 0 Å². The zero-order chi connectivity index (χ0) is 12.8. The lowest BCUT2D eigenvalue weighted by Crippen LogP contribution is -2.28. The molecule has 0 aromatic heterocycles. The van der Waals surface area contributed by atoms with Crippen molar-refractivity contribution in [2.45, 2.75) is 13.3 Å². The molecule has 0 radical (unpaired) electrons. The first-order chi connectivity index (χ1) is 8.04. The van der Waals surface area contributed by atoms with Crippen molar-refractivity contribution in [1.29, 1.82) is 0 Å². The van der Waals surface area contributed by atoms with E-state index in [1.165, 1.54) is 0 Å². The Morgan fingerprint density at radius 1 is 1.59 bits per heavy atom. The lowest BCUT2D eigenvalue weighted by atomic mass is 10.1. The highest BCUT2D eigenvalue weighted by Crippen LogP contribution is 2.16. The number of carbonyl (C=O) groups is 1. The Morgan fingerprint density at radius 2 is 2.29 bits per heavy atom. The van der Waals surface area contributed by atoms with Crippen molar-refractivity contribution < 1.29 is 10.0 Å². The predicted molar refractivity (Wildman–Crippen MR) is 69.2 cm³/mol. The van der Waals surface area contributed by atoms with Crippen LogP contribution >= 0.6 is 15.9 Å². The first-order valence-electron chi connectivity index (χ1n) is 5.05. The number of amidine groups is 1. The van der Waals surface area contributed by atoms with Gasteiger partial charge in [-0.1, -0.05) is 21.1 Å². The van der Waals surface area contributed by atoms with Crippen LogP contribution in [0.15, 0.2) is 27.8 Å². The second kappa shape index (κ2) is 6.24. The maximum Gasteiger partial charge on any atom is 0.251 e. The fraction of sp³-hybridized carbons (Fsp3) is 0.273. The topological polar surface area (TPSA) is 87.7 Å². The van der Waals surface area contributed by atoms with Crippen molar-refractivity contribution in [2.24, 2.45) is 10.9 Å². The molecule has 0 unspecified atom stereocenters. The minimum atomic E-state index is -0.175. The molecule has 0 fully saturated rings. The summed E-state index contributed by atoms with van der Waals surface area (Å²) >= 11 is 3.37. The van der Waals surface area contributed by atoms with Gasteiger partial charge in [0.2, 0.25) is 0 Å². The van der Waals surface area contributed by atoms with Crippen LogP contribution in [0.5, 0.6) is 0 Å². The minimum Gasteiger partial charge on any atom is -0.409 e. The molecule has 1 aromatic rings. The van der Waals surface area contributed by atoms with Gasteiger partial charge in [-0.25, -0.2) is 0 Å². The molecule has 1 amide bonds.